The molecule has 0 radical (unpaired) electrons. The van der Waals surface area contributed by atoms with Crippen molar-refractivity contribution in [3.05, 3.63) is 94.0 Å². The summed E-state index contributed by atoms with van der Waals surface area (Å²) >= 11 is 6.33. The van der Waals surface area contributed by atoms with E-state index in [4.69, 9.17) is 11.6 Å². The van der Waals surface area contributed by atoms with Gasteiger partial charge in [-0.2, -0.15) is 0 Å². The Morgan fingerprint density at radius 1 is 0.806 bits per heavy atom. The van der Waals surface area contributed by atoms with Gasteiger partial charge in [-0.1, -0.05) is 60.1 Å². The Morgan fingerprint density at radius 3 is 2.35 bits per heavy atom. The van der Waals surface area contributed by atoms with Gasteiger partial charge in [-0.25, -0.2) is 0 Å². The molecule has 158 valence electrons. The van der Waals surface area contributed by atoms with Gasteiger partial charge < -0.3 is 0 Å². The number of halogens is 1. The Morgan fingerprint density at radius 2 is 1.52 bits per heavy atom. The highest BCUT2D eigenvalue weighted by molar-refractivity contribution is 6.31. The first-order valence-corrected chi connectivity index (χ1v) is 11.6. The van der Waals surface area contributed by atoms with Crippen molar-refractivity contribution < 1.29 is 4.79 Å². The number of aryl methyl sites for hydroxylation is 2. The third-order valence-corrected chi connectivity index (χ3v) is 6.74. The van der Waals surface area contributed by atoms with E-state index in [0.717, 1.165) is 56.7 Å². The molecule has 0 spiro atoms. The van der Waals surface area contributed by atoms with Gasteiger partial charge >= 0.3 is 0 Å². The second-order valence-electron chi connectivity index (χ2n) is 8.53. The van der Waals surface area contributed by atoms with Crippen LogP contribution in [0.5, 0.6) is 0 Å². The van der Waals surface area contributed by atoms with E-state index in [1.807, 2.05) is 23.1 Å². The second-order valence-corrected chi connectivity index (χ2v) is 8.97. The predicted octanol–water partition coefficient (Wildman–Crippen LogP) is 5.94. The molecule has 2 aliphatic rings. The lowest BCUT2D eigenvalue weighted by atomic mass is 10.00. The maximum absolute atomic E-state index is 13.5. The van der Waals surface area contributed by atoms with Gasteiger partial charge in [-0.3, -0.25) is 14.6 Å². The number of nitrogens with zero attached hydrogens (tertiary/aromatic N) is 2. The van der Waals surface area contributed by atoms with Crippen LogP contribution in [-0.4, -0.2) is 23.9 Å². The number of benzene rings is 3. The molecule has 0 atom stereocenters. The van der Waals surface area contributed by atoms with E-state index >= 15 is 0 Å². The summed E-state index contributed by atoms with van der Waals surface area (Å²) < 4.78 is 0. The van der Waals surface area contributed by atoms with E-state index in [-0.39, 0.29) is 5.91 Å². The van der Waals surface area contributed by atoms with Gasteiger partial charge in [0.05, 0.1) is 11.4 Å². The Hall–Kier alpha value is -2.62. The molecular weight excluding hydrogens is 404 g/mol. The van der Waals surface area contributed by atoms with E-state index < -0.39 is 0 Å². The summed E-state index contributed by atoms with van der Waals surface area (Å²) in [6.45, 7) is 2.99. The largest absolute Gasteiger partial charge is 0.299 e. The van der Waals surface area contributed by atoms with Crippen LogP contribution in [0.4, 0.5) is 11.4 Å². The zero-order chi connectivity index (χ0) is 21.2. The van der Waals surface area contributed by atoms with Crippen molar-refractivity contribution >= 4 is 28.9 Å². The minimum Gasteiger partial charge on any atom is -0.299 e. The van der Waals surface area contributed by atoms with E-state index in [1.165, 1.54) is 22.3 Å². The first-order chi connectivity index (χ1) is 15.2. The number of amides is 1. The fourth-order valence-electron chi connectivity index (χ4n) is 4.88. The molecule has 1 amide bonds. The molecule has 0 fully saturated rings. The van der Waals surface area contributed by atoms with Gasteiger partial charge in [0.15, 0.2) is 0 Å². The highest BCUT2D eigenvalue weighted by Gasteiger charge is 2.26. The quantitative estimate of drug-likeness (QED) is 0.511. The minimum atomic E-state index is 0.148. The molecule has 0 saturated heterocycles. The summed E-state index contributed by atoms with van der Waals surface area (Å²) in [6, 6.07) is 22.9. The molecule has 3 nitrogen and oxygen atoms in total. The molecule has 4 heteroatoms. The van der Waals surface area contributed by atoms with Crippen LogP contribution in [0.15, 0.2) is 66.7 Å². The molecule has 3 aromatic rings. The van der Waals surface area contributed by atoms with Gasteiger partial charge in [0, 0.05) is 24.5 Å². The average molecular weight is 431 g/mol. The molecule has 0 aliphatic carbocycles. The number of rotatable bonds is 4. The number of carbonyl (C=O) groups excluding carboxylic acids is 1. The number of hydrogen-bond acceptors (Lipinski definition) is 2. The standard InChI is InChI=1S/C27H27ClN2O/c28-24-14-13-22-12-11-21-7-3-4-9-25(21)30(26(22)18-24)27(31)10-5-16-29-17-15-20-6-1-2-8-23(20)19-29/h1-4,6-9,13-14,18H,5,10-12,15-17,19H2. The van der Waals surface area contributed by atoms with Crippen LogP contribution in [0, 0.1) is 0 Å². The number of fused-ring (bicyclic) bond motifs is 3. The molecule has 0 aromatic heterocycles. The van der Waals surface area contributed by atoms with Crippen molar-refractivity contribution in [3.8, 4) is 0 Å². The third-order valence-electron chi connectivity index (χ3n) is 6.51. The SMILES string of the molecule is O=C(CCCN1CCc2ccccc2C1)N1c2ccccc2CCc2ccc(Cl)cc21. The summed E-state index contributed by atoms with van der Waals surface area (Å²) in [5, 5.41) is 0.669. The molecule has 0 bridgehead atoms. The molecule has 2 aliphatic heterocycles. The first kappa shape index (κ1) is 20.3. The topological polar surface area (TPSA) is 23.6 Å². The van der Waals surface area contributed by atoms with Gasteiger partial charge in [-0.15, -0.1) is 0 Å². The van der Waals surface area contributed by atoms with Gasteiger partial charge in [0.1, 0.15) is 0 Å². The maximum atomic E-state index is 13.5. The Balaban J connectivity index is 1.32. The molecule has 31 heavy (non-hydrogen) atoms. The maximum Gasteiger partial charge on any atom is 0.231 e. The van der Waals surface area contributed by atoms with E-state index in [0.29, 0.717) is 11.4 Å². The Labute approximate surface area is 189 Å². The molecule has 5 rings (SSSR count). The normalized spacial score (nSPS) is 15.6. The van der Waals surface area contributed by atoms with Crippen molar-refractivity contribution in [2.75, 3.05) is 18.0 Å². The average Bonchev–Trinajstić information content (AvgIpc) is 2.95. The summed E-state index contributed by atoms with van der Waals surface area (Å²) in [6.07, 6.45) is 4.33. The van der Waals surface area contributed by atoms with Gasteiger partial charge in [0.2, 0.25) is 5.91 Å². The molecule has 2 heterocycles. The fraction of sp³-hybridized carbons (Fsp3) is 0.296. The van der Waals surface area contributed by atoms with E-state index in [9.17, 15) is 4.79 Å². The third kappa shape index (κ3) is 4.26. The lowest BCUT2D eigenvalue weighted by molar-refractivity contribution is -0.118. The zero-order valence-electron chi connectivity index (χ0n) is 17.7. The van der Waals surface area contributed by atoms with Crippen LogP contribution >= 0.6 is 11.6 Å². The fourth-order valence-corrected chi connectivity index (χ4v) is 5.04. The highest BCUT2D eigenvalue weighted by atomic mass is 35.5. The second kappa shape index (κ2) is 8.86. The van der Waals surface area contributed by atoms with Crippen LogP contribution in [-0.2, 0) is 30.6 Å². The highest BCUT2D eigenvalue weighted by Crippen LogP contribution is 2.38. The van der Waals surface area contributed by atoms with Crippen LogP contribution in [0.1, 0.15) is 35.1 Å². The summed E-state index contributed by atoms with van der Waals surface area (Å²) in [5.41, 5.74) is 7.22. The number of hydrogen-bond donors (Lipinski definition) is 0. The number of anilines is 2. The van der Waals surface area contributed by atoms with E-state index in [1.54, 1.807) is 0 Å². The summed E-state index contributed by atoms with van der Waals surface area (Å²) in [5.74, 6) is 0.148. The van der Waals surface area contributed by atoms with Crippen LogP contribution < -0.4 is 4.90 Å². The summed E-state index contributed by atoms with van der Waals surface area (Å²) in [4.78, 5) is 17.9. The molecule has 0 unspecified atom stereocenters. The number of para-hydroxylation sites is 1. The van der Waals surface area contributed by atoms with Gasteiger partial charge in [0.25, 0.3) is 0 Å². The van der Waals surface area contributed by atoms with Crippen LogP contribution in [0.3, 0.4) is 0 Å². The first-order valence-electron chi connectivity index (χ1n) is 11.2. The smallest absolute Gasteiger partial charge is 0.231 e. The van der Waals surface area contributed by atoms with Gasteiger partial charge in [-0.05, 0) is 72.7 Å². The molecule has 0 N–H and O–H groups in total. The van der Waals surface area contributed by atoms with Crippen molar-refractivity contribution in [1.82, 2.24) is 4.90 Å². The Bertz CT molecular complexity index is 1110. The van der Waals surface area contributed by atoms with E-state index in [2.05, 4.69) is 53.4 Å². The molecule has 0 saturated carbocycles. The van der Waals surface area contributed by atoms with Crippen molar-refractivity contribution in [1.29, 1.82) is 0 Å². The number of carbonyl (C=O) groups is 1. The van der Waals surface area contributed by atoms with Crippen LogP contribution in [0.2, 0.25) is 5.02 Å². The Kier molecular flexibility index (Phi) is 5.80. The van der Waals surface area contributed by atoms with Crippen molar-refractivity contribution in [3.63, 3.8) is 0 Å². The van der Waals surface area contributed by atoms with Crippen LogP contribution in [0.25, 0.3) is 0 Å². The monoisotopic (exact) mass is 430 g/mol. The minimum absolute atomic E-state index is 0.148. The lowest BCUT2D eigenvalue weighted by Crippen LogP contribution is -2.32. The zero-order valence-corrected chi connectivity index (χ0v) is 18.4. The lowest BCUT2D eigenvalue weighted by Gasteiger charge is -2.29. The van der Waals surface area contributed by atoms with Crippen molar-refractivity contribution in [2.24, 2.45) is 0 Å². The molecular formula is C27H27ClN2O. The predicted molar refractivity (Wildman–Crippen MR) is 127 cm³/mol. The van der Waals surface area contributed by atoms with Crippen molar-refractivity contribution in [2.45, 2.75) is 38.6 Å². The summed E-state index contributed by atoms with van der Waals surface area (Å²) in [7, 11) is 0. The molecule has 3 aromatic carbocycles.